The average Bonchev–Trinajstić information content (AvgIpc) is 3.64. The fourth-order valence-electron chi connectivity index (χ4n) is 8.22. The van der Waals surface area contributed by atoms with E-state index in [1.54, 1.807) is 0 Å². The lowest BCUT2D eigenvalue weighted by Crippen LogP contribution is -2.16. The second-order valence-electron chi connectivity index (χ2n) is 13.8. The van der Waals surface area contributed by atoms with Gasteiger partial charge in [0.1, 0.15) is 11.2 Å². The van der Waals surface area contributed by atoms with E-state index in [1.807, 2.05) is 0 Å². The summed E-state index contributed by atoms with van der Waals surface area (Å²) < 4.78 is 6.45. The highest BCUT2D eigenvalue weighted by Crippen LogP contribution is 2.54. The van der Waals surface area contributed by atoms with Crippen LogP contribution < -0.4 is 4.90 Å². The summed E-state index contributed by atoms with van der Waals surface area (Å²) in [7, 11) is 0. The number of benzene rings is 8. The molecule has 1 heterocycles. The Morgan fingerprint density at radius 1 is 0.469 bits per heavy atom. The van der Waals surface area contributed by atoms with Crippen LogP contribution in [0.1, 0.15) is 25.0 Å². The van der Waals surface area contributed by atoms with Crippen molar-refractivity contribution < 1.29 is 4.42 Å². The van der Waals surface area contributed by atoms with Crippen molar-refractivity contribution in [3.63, 3.8) is 0 Å². The molecule has 0 aliphatic heterocycles. The lowest BCUT2D eigenvalue weighted by Gasteiger charge is -2.29. The molecule has 1 aliphatic carbocycles. The topological polar surface area (TPSA) is 16.4 Å². The number of hydrogen-bond donors (Lipinski definition) is 0. The first-order valence-electron chi connectivity index (χ1n) is 17.0. The third kappa shape index (κ3) is 4.20. The van der Waals surface area contributed by atoms with Crippen LogP contribution in [0.25, 0.3) is 65.7 Å². The molecule has 0 atom stereocenters. The summed E-state index contributed by atoms with van der Waals surface area (Å²) in [6.45, 7) is 4.70. The van der Waals surface area contributed by atoms with Crippen LogP contribution >= 0.6 is 0 Å². The van der Waals surface area contributed by atoms with Gasteiger partial charge < -0.3 is 9.32 Å². The van der Waals surface area contributed by atoms with Crippen LogP contribution in [0.5, 0.6) is 0 Å². The highest BCUT2D eigenvalue weighted by atomic mass is 16.3. The summed E-state index contributed by atoms with van der Waals surface area (Å²) >= 11 is 0. The smallest absolute Gasteiger partial charge is 0.136 e. The summed E-state index contributed by atoms with van der Waals surface area (Å²) in [6.07, 6.45) is 0. The molecule has 1 aliphatic rings. The lowest BCUT2D eigenvalue weighted by molar-refractivity contribution is 0.660. The molecule has 0 spiro atoms. The van der Waals surface area contributed by atoms with Crippen molar-refractivity contribution in [2.75, 3.05) is 4.90 Å². The number of furan rings is 1. The van der Waals surface area contributed by atoms with Crippen molar-refractivity contribution in [3.8, 4) is 22.3 Å². The molecule has 0 saturated carbocycles. The maximum atomic E-state index is 6.45. The van der Waals surface area contributed by atoms with Gasteiger partial charge in [-0.05, 0) is 97.9 Å². The quantitative estimate of drug-likeness (QED) is 0.193. The van der Waals surface area contributed by atoms with Crippen molar-refractivity contribution in [1.82, 2.24) is 0 Å². The zero-order chi connectivity index (χ0) is 32.7. The SMILES string of the molecule is CC1(C)c2ccccc2-c2c(N(c3cccc(-c4ccc5ccccc5c4)c3)c3ccc4oc5ccc6ccccc6c5c4c3)cccc21. The van der Waals surface area contributed by atoms with Gasteiger partial charge in [0, 0.05) is 33.1 Å². The zero-order valence-electron chi connectivity index (χ0n) is 27.4. The first-order valence-corrected chi connectivity index (χ1v) is 17.0. The minimum Gasteiger partial charge on any atom is -0.456 e. The van der Waals surface area contributed by atoms with Gasteiger partial charge in [-0.1, -0.05) is 129 Å². The molecule has 0 saturated heterocycles. The number of nitrogens with zero attached hydrogens (tertiary/aromatic N) is 1. The van der Waals surface area contributed by atoms with Gasteiger partial charge in [0.15, 0.2) is 0 Å². The van der Waals surface area contributed by atoms with Crippen LogP contribution in [0.3, 0.4) is 0 Å². The Morgan fingerprint density at radius 3 is 2.08 bits per heavy atom. The Morgan fingerprint density at radius 2 is 1.16 bits per heavy atom. The number of rotatable bonds is 4. The maximum absolute atomic E-state index is 6.45. The van der Waals surface area contributed by atoms with Crippen molar-refractivity contribution in [2.24, 2.45) is 0 Å². The van der Waals surface area contributed by atoms with E-state index in [0.29, 0.717) is 0 Å². The maximum Gasteiger partial charge on any atom is 0.136 e. The summed E-state index contributed by atoms with van der Waals surface area (Å²) in [5, 5.41) is 7.18. The minimum atomic E-state index is -0.107. The molecular formula is C47H33NO. The standard InChI is InChI=1S/C47H33NO/c1-47(2)40-18-8-7-17-38(40)46-41(47)19-10-20-42(46)48(35-15-9-14-33(28-35)34-22-21-30-11-3-4-13-32(30)27-34)36-24-26-43-39(29-36)45-37-16-6-5-12-31(37)23-25-44(45)49-43/h3-29H,1-2H3. The van der Waals surface area contributed by atoms with Gasteiger partial charge in [0.05, 0.1) is 5.69 Å². The van der Waals surface area contributed by atoms with Gasteiger partial charge in [-0.15, -0.1) is 0 Å². The van der Waals surface area contributed by atoms with Crippen LogP contribution in [0.15, 0.2) is 168 Å². The van der Waals surface area contributed by atoms with Gasteiger partial charge in [-0.2, -0.15) is 0 Å². The molecular weight excluding hydrogens is 595 g/mol. The van der Waals surface area contributed by atoms with Gasteiger partial charge >= 0.3 is 0 Å². The van der Waals surface area contributed by atoms with Gasteiger partial charge in [0.2, 0.25) is 0 Å². The van der Waals surface area contributed by atoms with Crippen LogP contribution in [-0.2, 0) is 5.41 Å². The molecule has 2 nitrogen and oxygen atoms in total. The average molecular weight is 628 g/mol. The van der Waals surface area contributed by atoms with Gasteiger partial charge in [-0.3, -0.25) is 0 Å². The van der Waals surface area contributed by atoms with Crippen LogP contribution in [0.4, 0.5) is 17.1 Å². The predicted octanol–water partition coefficient (Wildman–Crippen LogP) is 13.3. The third-order valence-corrected chi connectivity index (χ3v) is 10.6. The van der Waals surface area contributed by atoms with E-state index in [1.165, 1.54) is 60.6 Å². The molecule has 232 valence electrons. The molecule has 0 N–H and O–H groups in total. The van der Waals surface area contributed by atoms with Crippen molar-refractivity contribution in [3.05, 3.63) is 175 Å². The molecule has 0 amide bonds. The van der Waals surface area contributed by atoms with E-state index in [4.69, 9.17) is 4.42 Å². The Labute approximate surface area is 285 Å². The van der Waals surface area contributed by atoms with E-state index in [0.717, 1.165) is 33.3 Å². The molecule has 0 unspecified atom stereocenters. The Hall–Kier alpha value is -6.12. The van der Waals surface area contributed by atoms with Crippen LogP contribution in [0.2, 0.25) is 0 Å². The highest BCUT2D eigenvalue weighted by Gasteiger charge is 2.37. The molecule has 49 heavy (non-hydrogen) atoms. The third-order valence-electron chi connectivity index (χ3n) is 10.6. The monoisotopic (exact) mass is 627 g/mol. The van der Waals surface area contributed by atoms with E-state index < -0.39 is 0 Å². The molecule has 9 aromatic rings. The predicted molar refractivity (Wildman–Crippen MR) is 206 cm³/mol. The van der Waals surface area contributed by atoms with Crippen molar-refractivity contribution in [2.45, 2.75) is 19.3 Å². The second-order valence-corrected chi connectivity index (χ2v) is 13.8. The highest BCUT2D eigenvalue weighted by molar-refractivity contribution is 6.19. The van der Waals surface area contributed by atoms with E-state index in [2.05, 4.69) is 183 Å². The largest absolute Gasteiger partial charge is 0.456 e. The number of fused-ring (bicyclic) bond motifs is 9. The number of hydrogen-bond acceptors (Lipinski definition) is 2. The van der Waals surface area contributed by atoms with E-state index >= 15 is 0 Å². The molecule has 8 aromatic carbocycles. The van der Waals surface area contributed by atoms with Crippen molar-refractivity contribution >= 4 is 60.5 Å². The Balaban J connectivity index is 1.24. The Bertz CT molecular complexity index is 2770. The van der Waals surface area contributed by atoms with Crippen molar-refractivity contribution in [1.29, 1.82) is 0 Å². The first kappa shape index (κ1) is 27.9. The summed E-state index contributed by atoms with van der Waals surface area (Å²) in [6, 6.07) is 59.5. The summed E-state index contributed by atoms with van der Waals surface area (Å²) in [5.41, 5.74) is 12.8. The Kier molecular flexibility index (Phi) is 5.95. The van der Waals surface area contributed by atoms with E-state index in [-0.39, 0.29) is 5.41 Å². The fourth-order valence-corrected chi connectivity index (χ4v) is 8.22. The zero-order valence-corrected chi connectivity index (χ0v) is 27.4. The summed E-state index contributed by atoms with van der Waals surface area (Å²) in [4.78, 5) is 2.45. The second kappa shape index (κ2) is 10.4. The molecule has 0 bridgehead atoms. The lowest BCUT2D eigenvalue weighted by atomic mass is 9.82. The fraction of sp³-hybridized carbons (Fsp3) is 0.0638. The van der Waals surface area contributed by atoms with Gasteiger partial charge in [-0.25, -0.2) is 0 Å². The minimum absolute atomic E-state index is 0.107. The molecule has 2 heteroatoms. The van der Waals surface area contributed by atoms with Gasteiger partial charge in [0.25, 0.3) is 0 Å². The number of anilines is 3. The summed E-state index contributed by atoms with van der Waals surface area (Å²) in [5.74, 6) is 0. The van der Waals surface area contributed by atoms with Crippen LogP contribution in [0, 0.1) is 0 Å². The molecule has 0 fully saturated rings. The molecule has 0 radical (unpaired) electrons. The molecule has 1 aromatic heterocycles. The van der Waals surface area contributed by atoms with Crippen LogP contribution in [-0.4, -0.2) is 0 Å². The first-order chi connectivity index (χ1) is 24.0. The molecule has 10 rings (SSSR count). The normalized spacial score (nSPS) is 13.3. The van der Waals surface area contributed by atoms with E-state index in [9.17, 15) is 0 Å².